The number of rotatable bonds is 6. The summed E-state index contributed by atoms with van der Waals surface area (Å²) >= 11 is 13.2. The zero-order valence-electron chi connectivity index (χ0n) is 13.3. The molecule has 9 heteroatoms. The Kier molecular flexibility index (Phi) is 6.50. The van der Waals surface area contributed by atoms with E-state index in [9.17, 15) is 4.79 Å². The van der Waals surface area contributed by atoms with Gasteiger partial charge in [0.1, 0.15) is 5.75 Å². The SMILES string of the molecule is O=C(COc1ccc(Cl)cc1Cl)Nc1nc(CN2CCOCC2)cs1. The van der Waals surface area contributed by atoms with E-state index in [2.05, 4.69) is 15.2 Å². The number of halogens is 2. The van der Waals surface area contributed by atoms with Crippen molar-refractivity contribution < 1.29 is 14.3 Å². The van der Waals surface area contributed by atoms with Crippen molar-refractivity contribution in [1.82, 2.24) is 9.88 Å². The highest BCUT2D eigenvalue weighted by molar-refractivity contribution is 7.13. The van der Waals surface area contributed by atoms with Crippen LogP contribution in [0.3, 0.4) is 0 Å². The third kappa shape index (κ3) is 5.55. The fourth-order valence-electron chi connectivity index (χ4n) is 2.32. The van der Waals surface area contributed by atoms with Gasteiger partial charge in [0, 0.05) is 30.0 Å². The molecule has 0 saturated carbocycles. The van der Waals surface area contributed by atoms with E-state index in [0.29, 0.717) is 20.9 Å². The number of hydrogen-bond donors (Lipinski definition) is 1. The van der Waals surface area contributed by atoms with E-state index in [4.69, 9.17) is 32.7 Å². The van der Waals surface area contributed by atoms with E-state index < -0.39 is 0 Å². The van der Waals surface area contributed by atoms with Crippen molar-refractivity contribution >= 4 is 45.6 Å². The minimum Gasteiger partial charge on any atom is -0.482 e. The molecule has 2 heterocycles. The largest absolute Gasteiger partial charge is 0.482 e. The maximum Gasteiger partial charge on any atom is 0.264 e. The highest BCUT2D eigenvalue weighted by Gasteiger charge is 2.14. The zero-order chi connectivity index (χ0) is 17.6. The number of carbonyl (C=O) groups is 1. The van der Waals surface area contributed by atoms with Gasteiger partial charge in [-0.05, 0) is 18.2 Å². The average molecular weight is 402 g/mol. The van der Waals surface area contributed by atoms with Gasteiger partial charge in [0.15, 0.2) is 11.7 Å². The van der Waals surface area contributed by atoms with Gasteiger partial charge in [-0.2, -0.15) is 0 Å². The molecule has 1 aromatic carbocycles. The molecule has 0 spiro atoms. The molecule has 1 fully saturated rings. The first-order valence-electron chi connectivity index (χ1n) is 7.72. The van der Waals surface area contributed by atoms with E-state index in [1.165, 1.54) is 11.3 Å². The van der Waals surface area contributed by atoms with Crippen molar-refractivity contribution in [1.29, 1.82) is 0 Å². The Morgan fingerprint density at radius 3 is 2.92 bits per heavy atom. The van der Waals surface area contributed by atoms with Crippen LogP contribution in [0.25, 0.3) is 0 Å². The second-order valence-corrected chi connectivity index (χ2v) is 7.15. The molecule has 0 aliphatic carbocycles. The molecule has 1 N–H and O–H groups in total. The fraction of sp³-hybridized carbons (Fsp3) is 0.375. The van der Waals surface area contributed by atoms with Crippen LogP contribution in [0.2, 0.25) is 10.0 Å². The van der Waals surface area contributed by atoms with Crippen LogP contribution < -0.4 is 10.1 Å². The van der Waals surface area contributed by atoms with Crippen LogP contribution in [0.15, 0.2) is 23.6 Å². The molecule has 1 aromatic heterocycles. The van der Waals surface area contributed by atoms with Gasteiger partial charge >= 0.3 is 0 Å². The average Bonchev–Trinajstić information content (AvgIpc) is 3.02. The first-order valence-corrected chi connectivity index (χ1v) is 9.36. The minimum atomic E-state index is -0.293. The highest BCUT2D eigenvalue weighted by Crippen LogP contribution is 2.27. The van der Waals surface area contributed by atoms with Gasteiger partial charge in [-0.1, -0.05) is 23.2 Å². The van der Waals surface area contributed by atoms with Gasteiger partial charge in [0.25, 0.3) is 5.91 Å². The summed E-state index contributed by atoms with van der Waals surface area (Å²) in [6.45, 7) is 3.90. The quantitative estimate of drug-likeness (QED) is 0.804. The van der Waals surface area contributed by atoms with Gasteiger partial charge in [-0.3, -0.25) is 15.0 Å². The first-order chi connectivity index (χ1) is 12.1. The molecule has 0 radical (unpaired) electrons. The van der Waals surface area contributed by atoms with Crippen LogP contribution in [0, 0.1) is 0 Å². The van der Waals surface area contributed by atoms with E-state index in [1.807, 2.05) is 5.38 Å². The van der Waals surface area contributed by atoms with E-state index in [1.54, 1.807) is 18.2 Å². The van der Waals surface area contributed by atoms with Gasteiger partial charge in [-0.25, -0.2) is 4.98 Å². The second-order valence-electron chi connectivity index (χ2n) is 5.44. The lowest BCUT2D eigenvalue weighted by Gasteiger charge is -2.25. The van der Waals surface area contributed by atoms with Crippen LogP contribution >= 0.6 is 34.5 Å². The lowest BCUT2D eigenvalue weighted by atomic mass is 10.3. The van der Waals surface area contributed by atoms with Crippen molar-refractivity contribution in [2.45, 2.75) is 6.54 Å². The standard InChI is InChI=1S/C16H17Cl2N3O3S/c17-11-1-2-14(13(18)7-11)24-9-15(22)20-16-19-12(10-25-16)8-21-3-5-23-6-4-21/h1-2,7,10H,3-6,8-9H2,(H,19,20,22). The van der Waals surface area contributed by atoms with Crippen LogP contribution in [-0.4, -0.2) is 48.7 Å². The highest BCUT2D eigenvalue weighted by atomic mass is 35.5. The Morgan fingerprint density at radius 2 is 2.16 bits per heavy atom. The molecule has 1 aliphatic heterocycles. The molecule has 134 valence electrons. The number of anilines is 1. The molecule has 3 rings (SSSR count). The molecular weight excluding hydrogens is 385 g/mol. The summed E-state index contributed by atoms with van der Waals surface area (Å²) in [6, 6.07) is 4.84. The molecule has 2 aromatic rings. The smallest absolute Gasteiger partial charge is 0.264 e. The topological polar surface area (TPSA) is 63.7 Å². The number of hydrogen-bond acceptors (Lipinski definition) is 6. The van der Waals surface area contributed by atoms with Crippen molar-refractivity contribution in [3.05, 3.63) is 39.3 Å². The number of nitrogens with one attached hydrogen (secondary N) is 1. The molecule has 6 nitrogen and oxygen atoms in total. The van der Waals surface area contributed by atoms with E-state index >= 15 is 0 Å². The zero-order valence-corrected chi connectivity index (χ0v) is 15.7. The molecule has 0 unspecified atom stereocenters. The molecule has 0 bridgehead atoms. The fourth-order valence-corrected chi connectivity index (χ4v) is 3.50. The predicted molar refractivity (Wildman–Crippen MR) is 98.8 cm³/mol. The third-order valence-electron chi connectivity index (χ3n) is 3.54. The third-order valence-corrected chi connectivity index (χ3v) is 4.88. The molecular formula is C16H17Cl2N3O3S. The lowest BCUT2D eigenvalue weighted by Crippen LogP contribution is -2.35. The molecule has 1 saturated heterocycles. The Balaban J connectivity index is 1.47. The maximum atomic E-state index is 12.0. The number of thiazole rings is 1. The summed E-state index contributed by atoms with van der Waals surface area (Å²) in [5.41, 5.74) is 0.934. The Hall–Kier alpha value is -1.38. The Morgan fingerprint density at radius 1 is 1.36 bits per heavy atom. The second kappa shape index (κ2) is 8.82. The number of nitrogens with zero attached hydrogens (tertiary/aromatic N) is 2. The van der Waals surface area contributed by atoms with Gasteiger partial charge < -0.3 is 9.47 Å². The normalized spacial score (nSPS) is 15.1. The monoisotopic (exact) mass is 401 g/mol. The summed E-state index contributed by atoms with van der Waals surface area (Å²) in [5, 5.41) is 6.11. The molecule has 0 atom stereocenters. The van der Waals surface area contributed by atoms with Crippen molar-refractivity contribution in [3.8, 4) is 5.75 Å². The van der Waals surface area contributed by atoms with Crippen LogP contribution in [0.1, 0.15) is 5.69 Å². The summed E-state index contributed by atoms with van der Waals surface area (Å²) in [4.78, 5) is 18.7. The number of amides is 1. The summed E-state index contributed by atoms with van der Waals surface area (Å²) in [6.07, 6.45) is 0. The molecule has 1 aliphatic rings. The minimum absolute atomic E-state index is 0.153. The van der Waals surface area contributed by atoms with Crippen molar-refractivity contribution in [2.24, 2.45) is 0 Å². The Bertz CT molecular complexity index is 735. The summed E-state index contributed by atoms with van der Waals surface area (Å²) in [7, 11) is 0. The van der Waals surface area contributed by atoms with Crippen LogP contribution in [-0.2, 0) is 16.1 Å². The summed E-state index contributed by atoms with van der Waals surface area (Å²) in [5.74, 6) is 0.117. The van der Waals surface area contributed by atoms with E-state index in [0.717, 1.165) is 38.5 Å². The van der Waals surface area contributed by atoms with Crippen LogP contribution in [0.5, 0.6) is 5.75 Å². The number of aromatic nitrogens is 1. The predicted octanol–water partition coefficient (Wildman–Crippen LogP) is 3.30. The van der Waals surface area contributed by atoms with Gasteiger partial charge in [0.05, 0.1) is 23.9 Å². The first kappa shape index (κ1) is 18.4. The molecule has 25 heavy (non-hydrogen) atoms. The van der Waals surface area contributed by atoms with Crippen molar-refractivity contribution in [2.75, 3.05) is 38.2 Å². The molecule has 1 amide bonds. The van der Waals surface area contributed by atoms with Crippen molar-refractivity contribution in [3.63, 3.8) is 0 Å². The van der Waals surface area contributed by atoms with Gasteiger partial charge in [-0.15, -0.1) is 11.3 Å². The lowest BCUT2D eigenvalue weighted by molar-refractivity contribution is -0.118. The number of benzene rings is 1. The number of ether oxygens (including phenoxy) is 2. The Labute approximate surface area is 159 Å². The number of carbonyl (C=O) groups excluding carboxylic acids is 1. The van der Waals surface area contributed by atoms with E-state index in [-0.39, 0.29) is 12.5 Å². The number of morpholine rings is 1. The summed E-state index contributed by atoms with van der Waals surface area (Å²) < 4.78 is 10.7. The van der Waals surface area contributed by atoms with Gasteiger partial charge in [0.2, 0.25) is 0 Å². The van der Waals surface area contributed by atoms with Crippen LogP contribution in [0.4, 0.5) is 5.13 Å². The maximum absolute atomic E-state index is 12.0.